The fourth-order valence-corrected chi connectivity index (χ4v) is 1.39. The lowest BCUT2D eigenvalue weighted by Gasteiger charge is -2.11. The van der Waals surface area contributed by atoms with Crippen LogP contribution in [0.25, 0.3) is 0 Å². The molecule has 0 bridgehead atoms. The largest absolute Gasteiger partial charge is 0.491 e. The summed E-state index contributed by atoms with van der Waals surface area (Å²) in [5, 5.41) is 11.6. The Morgan fingerprint density at radius 2 is 2.12 bits per heavy atom. The van der Waals surface area contributed by atoms with E-state index in [0.717, 1.165) is 5.56 Å². The van der Waals surface area contributed by atoms with Crippen molar-refractivity contribution in [3.05, 3.63) is 29.3 Å². The van der Waals surface area contributed by atoms with Crippen molar-refractivity contribution in [1.29, 1.82) is 0 Å². The normalized spacial score (nSPS) is 9.76. The molecule has 0 aliphatic carbocycles. The molecule has 17 heavy (non-hydrogen) atoms. The van der Waals surface area contributed by atoms with E-state index in [9.17, 15) is 9.59 Å². The lowest BCUT2D eigenvalue weighted by Crippen LogP contribution is -2.25. The molecule has 0 saturated carbocycles. The zero-order chi connectivity index (χ0) is 12.8. The molecule has 0 fully saturated rings. The highest BCUT2D eigenvalue weighted by atomic mass is 16.5. The molecule has 0 spiro atoms. The molecule has 0 saturated heterocycles. The second-order valence-electron chi connectivity index (χ2n) is 3.59. The topological polar surface area (TPSA) is 75.6 Å². The highest BCUT2D eigenvalue weighted by Gasteiger charge is 2.12. The number of aromatic carboxylic acids is 1. The van der Waals surface area contributed by atoms with E-state index in [0.29, 0.717) is 12.3 Å². The van der Waals surface area contributed by atoms with Crippen LogP contribution in [0.4, 0.5) is 0 Å². The van der Waals surface area contributed by atoms with Gasteiger partial charge in [0, 0.05) is 6.92 Å². The Balaban J connectivity index is 2.69. The first-order chi connectivity index (χ1) is 8.02. The lowest BCUT2D eigenvalue weighted by atomic mass is 10.1. The second-order valence-corrected chi connectivity index (χ2v) is 3.59. The quantitative estimate of drug-likeness (QED) is 0.755. The fraction of sp³-hybridized carbons (Fsp3) is 0.333. The molecule has 1 rings (SSSR count). The molecule has 2 N–H and O–H groups in total. The Morgan fingerprint density at radius 1 is 1.41 bits per heavy atom. The highest BCUT2D eigenvalue weighted by molar-refractivity contribution is 5.91. The number of carboxylic acid groups (broad SMARTS) is 1. The molecule has 0 aliphatic rings. The van der Waals surface area contributed by atoms with E-state index in [4.69, 9.17) is 9.84 Å². The van der Waals surface area contributed by atoms with Crippen LogP contribution in [-0.2, 0) is 4.79 Å². The lowest BCUT2D eigenvalue weighted by molar-refractivity contribution is -0.119. The maximum atomic E-state index is 11.0. The SMILES string of the molecule is CC(=O)NCCOc1c(C)cccc1C(=O)O. The number of benzene rings is 1. The van der Waals surface area contributed by atoms with Gasteiger partial charge in [-0.1, -0.05) is 12.1 Å². The average molecular weight is 237 g/mol. The number of carbonyl (C=O) groups excluding carboxylic acids is 1. The smallest absolute Gasteiger partial charge is 0.339 e. The van der Waals surface area contributed by atoms with Gasteiger partial charge in [-0.25, -0.2) is 4.79 Å². The van der Waals surface area contributed by atoms with Crippen molar-refractivity contribution in [2.45, 2.75) is 13.8 Å². The van der Waals surface area contributed by atoms with Gasteiger partial charge in [0.1, 0.15) is 17.9 Å². The number of para-hydroxylation sites is 1. The number of carboxylic acids is 1. The van der Waals surface area contributed by atoms with Crippen molar-refractivity contribution in [2.75, 3.05) is 13.2 Å². The summed E-state index contributed by atoms with van der Waals surface area (Å²) in [5.41, 5.74) is 0.889. The Bertz CT molecular complexity index is 429. The standard InChI is InChI=1S/C12H15NO4/c1-8-4-3-5-10(12(15)16)11(8)17-7-6-13-9(2)14/h3-5H,6-7H2,1-2H3,(H,13,14)(H,15,16). The maximum absolute atomic E-state index is 11.0. The summed E-state index contributed by atoms with van der Waals surface area (Å²) in [6.45, 7) is 3.78. The van der Waals surface area contributed by atoms with Gasteiger partial charge in [-0.3, -0.25) is 4.79 Å². The van der Waals surface area contributed by atoms with E-state index in [-0.39, 0.29) is 18.1 Å². The number of ether oxygens (including phenoxy) is 1. The number of hydrogen-bond donors (Lipinski definition) is 2. The number of carbonyl (C=O) groups is 2. The summed E-state index contributed by atoms with van der Waals surface area (Å²) in [5.74, 6) is -0.814. The minimum Gasteiger partial charge on any atom is -0.491 e. The summed E-state index contributed by atoms with van der Waals surface area (Å²) in [6, 6.07) is 4.93. The van der Waals surface area contributed by atoms with Gasteiger partial charge in [0.25, 0.3) is 0 Å². The number of aryl methyl sites for hydroxylation is 1. The molecule has 1 aromatic carbocycles. The Kier molecular flexibility index (Phi) is 4.51. The number of hydrogen-bond acceptors (Lipinski definition) is 3. The van der Waals surface area contributed by atoms with Crippen molar-refractivity contribution in [2.24, 2.45) is 0 Å². The number of nitrogens with one attached hydrogen (secondary N) is 1. The molecular weight excluding hydrogens is 222 g/mol. The minimum atomic E-state index is -1.02. The molecule has 92 valence electrons. The Morgan fingerprint density at radius 3 is 2.71 bits per heavy atom. The molecule has 5 heteroatoms. The first-order valence-electron chi connectivity index (χ1n) is 5.22. The van der Waals surface area contributed by atoms with Crippen LogP contribution in [0.5, 0.6) is 5.75 Å². The third kappa shape index (κ3) is 3.79. The van der Waals surface area contributed by atoms with E-state index in [2.05, 4.69) is 5.32 Å². The summed E-state index contributed by atoms with van der Waals surface area (Å²) < 4.78 is 5.38. The molecule has 1 amide bonds. The zero-order valence-electron chi connectivity index (χ0n) is 9.82. The van der Waals surface area contributed by atoms with Crippen LogP contribution in [0.2, 0.25) is 0 Å². The van der Waals surface area contributed by atoms with Gasteiger partial charge in [-0.2, -0.15) is 0 Å². The highest BCUT2D eigenvalue weighted by Crippen LogP contribution is 2.23. The summed E-state index contributed by atoms with van der Waals surface area (Å²) in [4.78, 5) is 21.6. The zero-order valence-corrected chi connectivity index (χ0v) is 9.82. The second kappa shape index (κ2) is 5.89. The summed E-state index contributed by atoms with van der Waals surface area (Å²) >= 11 is 0. The molecule has 0 aliphatic heterocycles. The predicted molar refractivity (Wildman–Crippen MR) is 62.3 cm³/mol. The summed E-state index contributed by atoms with van der Waals surface area (Å²) in [6.07, 6.45) is 0. The third-order valence-corrected chi connectivity index (χ3v) is 2.16. The van der Waals surface area contributed by atoms with Crippen molar-refractivity contribution in [3.8, 4) is 5.75 Å². The molecule has 0 unspecified atom stereocenters. The van der Waals surface area contributed by atoms with Crippen molar-refractivity contribution < 1.29 is 19.4 Å². The van der Waals surface area contributed by atoms with Crippen LogP contribution in [0.1, 0.15) is 22.8 Å². The molecular formula is C12H15NO4. The van der Waals surface area contributed by atoms with Gasteiger partial charge in [-0.05, 0) is 18.6 Å². The van der Waals surface area contributed by atoms with Gasteiger partial charge in [0.2, 0.25) is 5.91 Å². The van der Waals surface area contributed by atoms with Gasteiger partial charge in [0.05, 0.1) is 6.54 Å². The van der Waals surface area contributed by atoms with Crippen LogP contribution in [0.3, 0.4) is 0 Å². The van der Waals surface area contributed by atoms with E-state index in [1.165, 1.54) is 13.0 Å². The van der Waals surface area contributed by atoms with Crippen LogP contribution < -0.4 is 10.1 Å². The third-order valence-electron chi connectivity index (χ3n) is 2.16. The average Bonchev–Trinajstić information content (AvgIpc) is 2.25. The first kappa shape index (κ1) is 13.0. The van der Waals surface area contributed by atoms with E-state index < -0.39 is 5.97 Å². The first-order valence-corrected chi connectivity index (χ1v) is 5.22. The van der Waals surface area contributed by atoms with E-state index in [1.807, 2.05) is 0 Å². The predicted octanol–water partition coefficient (Wildman–Crippen LogP) is 1.21. The number of amides is 1. The molecule has 5 nitrogen and oxygen atoms in total. The Labute approximate surface area is 99.4 Å². The Hall–Kier alpha value is -2.04. The molecule has 0 radical (unpaired) electrons. The van der Waals surface area contributed by atoms with Gasteiger partial charge >= 0.3 is 5.97 Å². The van der Waals surface area contributed by atoms with Crippen molar-refractivity contribution in [3.63, 3.8) is 0 Å². The fourth-order valence-electron chi connectivity index (χ4n) is 1.39. The van der Waals surface area contributed by atoms with Gasteiger partial charge < -0.3 is 15.2 Å². The van der Waals surface area contributed by atoms with Crippen LogP contribution in [0, 0.1) is 6.92 Å². The minimum absolute atomic E-state index is 0.132. The maximum Gasteiger partial charge on any atom is 0.339 e. The number of rotatable bonds is 5. The van der Waals surface area contributed by atoms with Crippen LogP contribution in [-0.4, -0.2) is 30.1 Å². The van der Waals surface area contributed by atoms with E-state index in [1.54, 1.807) is 19.1 Å². The summed E-state index contributed by atoms with van der Waals surface area (Å²) in [7, 11) is 0. The molecule has 0 atom stereocenters. The monoisotopic (exact) mass is 237 g/mol. The van der Waals surface area contributed by atoms with Crippen LogP contribution in [0.15, 0.2) is 18.2 Å². The van der Waals surface area contributed by atoms with Crippen molar-refractivity contribution in [1.82, 2.24) is 5.32 Å². The molecule has 1 aromatic rings. The van der Waals surface area contributed by atoms with Crippen molar-refractivity contribution >= 4 is 11.9 Å². The molecule has 0 heterocycles. The molecule has 0 aromatic heterocycles. The van der Waals surface area contributed by atoms with Gasteiger partial charge in [-0.15, -0.1) is 0 Å². The van der Waals surface area contributed by atoms with E-state index >= 15 is 0 Å². The van der Waals surface area contributed by atoms with Crippen LogP contribution >= 0.6 is 0 Å². The van der Waals surface area contributed by atoms with Gasteiger partial charge in [0.15, 0.2) is 0 Å².